The van der Waals surface area contributed by atoms with Crippen LogP contribution >= 0.6 is 0 Å². The normalized spacial score (nSPS) is 18.5. The zero-order valence-corrected chi connectivity index (χ0v) is 12.9. The summed E-state index contributed by atoms with van der Waals surface area (Å²) < 4.78 is 1.63. The number of nitrogens with zero attached hydrogens (tertiary/aromatic N) is 5. The predicted octanol–water partition coefficient (Wildman–Crippen LogP) is 2.13. The molecule has 118 valence electrons. The molecule has 3 aromatic rings. The largest absolute Gasteiger partial charge is 0.330 e. The van der Waals surface area contributed by atoms with E-state index in [0.717, 1.165) is 37.1 Å². The number of aromatic amines is 1. The van der Waals surface area contributed by atoms with Crippen LogP contribution in [0.25, 0.3) is 5.65 Å². The quantitative estimate of drug-likeness (QED) is 0.786. The summed E-state index contributed by atoms with van der Waals surface area (Å²) in [6.45, 7) is 2.76. The number of aryl methyl sites for hydroxylation is 1. The highest BCUT2D eigenvalue weighted by molar-refractivity contribution is 5.99. The van der Waals surface area contributed by atoms with Crippen molar-refractivity contribution in [3.05, 3.63) is 47.7 Å². The van der Waals surface area contributed by atoms with E-state index in [2.05, 4.69) is 20.3 Å². The Morgan fingerprint density at radius 3 is 3.09 bits per heavy atom. The van der Waals surface area contributed by atoms with Gasteiger partial charge >= 0.3 is 0 Å². The van der Waals surface area contributed by atoms with Crippen LogP contribution in [-0.2, 0) is 0 Å². The number of fused-ring (bicyclic) bond motifs is 1. The number of H-pyrrole nitrogens is 1. The summed E-state index contributed by atoms with van der Waals surface area (Å²) in [5.41, 5.74) is 3.27. The number of hydrogen-bond donors (Lipinski definition) is 1. The van der Waals surface area contributed by atoms with Gasteiger partial charge in [0.2, 0.25) is 0 Å². The first kappa shape index (κ1) is 13.9. The molecular weight excluding hydrogens is 292 g/mol. The molecule has 1 aliphatic rings. The monoisotopic (exact) mass is 310 g/mol. The van der Waals surface area contributed by atoms with Gasteiger partial charge in [0.05, 0.1) is 24.1 Å². The summed E-state index contributed by atoms with van der Waals surface area (Å²) in [7, 11) is 0. The van der Waals surface area contributed by atoms with Crippen LogP contribution in [0.4, 0.5) is 0 Å². The van der Waals surface area contributed by atoms with Crippen LogP contribution in [0.15, 0.2) is 30.9 Å². The molecule has 0 radical (unpaired) electrons. The summed E-state index contributed by atoms with van der Waals surface area (Å²) in [5.74, 6) is -0.0163. The Bertz CT molecular complexity index is 851. The number of nitrogens with one attached hydrogen (secondary N) is 1. The Kier molecular flexibility index (Phi) is 3.33. The molecule has 1 N–H and O–H groups in total. The fourth-order valence-corrected chi connectivity index (χ4v) is 3.30. The average molecular weight is 310 g/mol. The van der Waals surface area contributed by atoms with E-state index in [4.69, 9.17) is 0 Å². The van der Waals surface area contributed by atoms with Gasteiger partial charge < -0.3 is 4.90 Å². The van der Waals surface area contributed by atoms with Gasteiger partial charge in [0.25, 0.3) is 5.91 Å². The second kappa shape index (κ2) is 5.49. The number of piperidine rings is 1. The van der Waals surface area contributed by atoms with E-state index in [1.54, 1.807) is 29.2 Å². The minimum Gasteiger partial charge on any atom is -0.330 e. The molecule has 4 heterocycles. The molecule has 0 aromatic carbocycles. The number of carbonyl (C=O) groups is 1. The molecule has 7 heteroatoms. The molecule has 0 bridgehead atoms. The molecule has 1 fully saturated rings. The van der Waals surface area contributed by atoms with Gasteiger partial charge in [-0.15, -0.1) is 0 Å². The van der Waals surface area contributed by atoms with Gasteiger partial charge in [0.1, 0.15) is 5.56 Å². The Balaban J connectivity index is 1.72. The van der Waals surface area contributed by atoms with Crippen LogP contribution in [0.2, 0.25) is 0 Å². The van der Waals surface area contributed by atoms with E-state index in [1.807, 2.05) is 18.0 Å². The van der Waals surface area contributed by atoms with Gasteiger partial charge in [-0.25, -0.2) is 9.50 Å². The molecule has 4 rings (SSSR count). The van der Waals surface area contributed by atoms with Gasteiger partial charge in [-0.2, -0.15) is 10.2 Å². The number of amides is 1. The van der Waals surface area contributed by atoms with Crippen molar-refractivity contribution in [2.75, 3.05) is 6.54 Å². The molecule has 1 saturated heterocycles. The molecule has 1 amide bonds. The van der Waals surface area contributed by atoms with Crippen molar-refractivity contribution in [2.45, 2.75) is 32.2 Å². The highest BCUT2D eigenvalue weighted by Crippen LogP contribution is 2.32. The Labute approximate surface area is 133 Å². The summed E-state index contributed by atoms with van der Waals surface area (Å²) in [4.78, 5) is 19.3. The van der Waals surface area contributed by atoms with Crippen LogP contribution in [0, 0.1) is 6.92 Å². The maximum atomic E-state index is 13.1. The highest BCUT2D eigenvalue weighted by atomic mass is 16.2. The zero-order chi connectivity index (χ0) is 15.8. The topological polar surface area (TPSA) is 79.2 Å². The predicted molar refractivity (Wildman–Crippen MR) is 83.9 cm³/mol. The van der Waals surface area contributed by atoms with Crippen LogP contribution in [0.1, 0.15) is 46.9 Å². The molecule has 3 aromatic heterocycles. The first-order valence-electron chi connectivity index (χ1n) is 7.85. The van der Waals surface area contributed by atoms with Crippen LogP contribution < -0.4 is 0 Å². The highest BCUT2D eigenvalue weighted by Gasteiger charge is 2.32. The standard InChI is InChI=1S/C16H18N6O/c1-11-9-18-20-14(11)13-5-2-3-7-21(13)16(23)12-10-19-22-8-4-6-17-15(12)22/h4,6,8-10,13H,2-3,5,7H2,1H3,(H,18,20)/t13-/m0/s1. The first-order valence-corrected chi connectivity index (χ1v) is 7.85. The molecule has 0 unspecified atom stereocenters. The zero-order valence-electron chi connectivity index (χ0n) is 12.9. The van der Waals surface area contributed by atoms with Crippen molar-refractivity contribution >= 4 is 11.6 Å². The number of carbonyl (C=O) groups excluding carboxylic acids is 1. The van der Waals surface area contributed by atoms with Gasteiger partial charge in [-0.1, -0.05) is 0 Å². The summed E-state index contributed by atoms with van der Waals surface area (Å²) in [6, 6.07) is 1.84. The third kappa shape index (κ3) is 2.28. The Morgan fingerprint density at radius 1 is 1.35 bits per heavy atom. The second-order valence-electron chi connectivity index (χ2n) is 5.92. The van der Waals surface area contributed by atoms with E-state index in [-0.39, 0.29) is 11.9 Å². The average Bonchev–Trinajstić information content (AvgIpc) is 3.20. The molecule has 0 spiro atoms. The third-order valence-electron chi connectivity index (χ3n) is 4.47. The fourth-order valence-electron chi connectivity index (χ4n) is 3.30. The lowest BCUT2D eigenvalue weighted by atomic mass is 9.96. The summed E-state index contributed by atoms with van der Waals surface area (Å²) in [5, 5.41) is 11.4. The van der Waals surface area contributed by atoms with Crippen LogP contribution in [0.3, 0.4) is 0 Å². The van der Waals surface area contributed by atoms with E-state index < -0.39 is 0 Å². The smallest absolute Gasteiger partial charge is 0.259 e. The first-order chi connectivity index (χ1) is 11.3. The Hall–Kier alpha value is -2.70. The number of aromatic nitrogens is 5. The summed E-state index contributed by atoms with van der Waals surface area (Å²) in [6.07, 6.45) is 9.97. The molecule has 1 aliphatic heterocycles. The molecule has 23 heavy (non-hydrogen) atoms. The number of hydrogen-bond acceptors (Lipinski definition) is 4. The van der Waals surface area contributed by atoms with E-state index in [9.17, 15) is 4.79 Å². The third-order valence-corrected chi connectivity index (χ3v) is 4.47. The lowest BCUT2D eigenvalue weighted by Gasteiger charge is -2.35. The van der Waals surface area contributed by atoms with E-state index >= 15 is 0 Å². The SMILES string of the molecule is Cc1cn[nH]c1[C@@H]1CCCCN1C(=O)c1cnn2cccnc12. The molecule has 7 nitrogen and oxygen atoms in total. The second-order valence-corrected chi connectivity index (χ2v) is 5.92. The van der Waals surface area contributed by atoms with Crippen LogP contribution in [0.5, 0.6) is 0 Å². The maximum absolute atomic E-state index is 13.1. The number of rotatable bonds is 2. The van der Waals surface area contributed by atoms with Crippen molar-refractivity contribution in [3.8, 4) is 0 Å². The Morgan fingerprint density at radius 2 is 2.26 bits per heavy atom. The number of likely N-dealkylation sites (tertiary alicyclic amines) is 1. The maximum Gasteiger partial charge on any atom is 0.259 e. The molecule has 0 saturated carbocycles. The van der Waals surface area contributed by atoms with Crippen molar-refractivity contribution in [1.82, 2.24) is 29.7 Å². The molecule has 1 atom stereocenters. The van der Waals surface area contributed by atoms with E-state index in [1.165, 1.54) is 0 Å². The van der Waals surface area contributed by atoms with Gasteiger partial charge in [-0.3, -0.25) is 9.89 Å². The van der Waals surface area contributed by atoms with Gasteiger partial charge in [0.15, 0.2) is 5.65 Å². The van der Waals surface area contributed by atoms with Crippen molar-refractivity contribution in [3.63, 3.8) is 0 Å². The fraction of sp³-hybridized carbons (Fsp3) is 0.375. The van der Waals surface area contributed by atoms with Crippen molar-refractivity contribution < 1.29 is 4.79 Å². The minimum atomic E-state index is -0.0163. The van der Waals surface area contributed by atoms with Crippen LogP contribution in [-0.4, -0.2) is 42.1 Å². The summed E-state index contributed by atoms with van der Waals surface area (Å²) >= 11 is 0. The molecular formula is C16H18N6O. The van der Waals surface area contributed by atoms with Crippen molar-refractivity contribution in [2.24, 2.45) is 0 Å². The molecule has 0 aliphatic carbocycles. The lowest BCUT2D eigenvalue weighted by Crippen LogP contribution is -2.39. The lowest BCUT2D eigenvalue weighted by molar-refractivity contribution is 0.0607. The van der Waals surface area contributed by atoms with Gasteiger partial charge in [-0.05, 0) is 37.8 Å². The van der Waals surface area contributed by atoms with E-state index in [0.29, 0.717) is 11.2 Å². The van der Waals surface area contributed by atoms with Crippen molar-refractivity contribution in [1.29, 1.82) is 0 Å². The minimum absolute atomic E-state index is 0.0163. The van der Waals surface area contributed by atoms with Gasteiger partial charge in [0, 0.05) is 18.9 Å².